The number of hydrogen-bond acceptors (Lipinski definition) is 4. The van der Waals surface area contributed by atoms with Crippen molar-refractivity contribution in [2.75, 3.05) is 25.5 Å². The van der Waals surface area contributed by atoms with Crippen LogP contribution in [0.4, 0.5) is 5.69 Å². The summed E-state index contributed by atoms with van der Waals surface area (Å²) in [5.41, 5.74) is 0.806. The second-order valence-electron chi connectivity index (χ2n) is 3.94. The Hall–Kier alpha value is -1.36. The second-order valence-corrected chi connectivity index (χ2v) is 3.94. The molecule has 1 unspecified atom stereocenters. The summed E-state index contributed by atoms with van der Waals surface area (Å²) in [4.78, 5) is 13.7. The highest BCUT2D eigenvalue weighted by Gasteiger charge is 2.05. The van der Waals surface area contributed by atoms with E-state index in [1.165, 1.54) is 4.68 Å². The Kier molecular flexibility index (Phi) is 4.49. The van der Waals surface area contributed by atoms with Gasteiger partial charge in [0.2, 0.25) is 0 Å². The Morgan fingerprint density at radius 3 is 2.81 bits per heavy atom. The minimum absolute atomic E-state index is 0.0556. The normalized spacial score (nSPS) is 12.5. The Morgan fingerprint density at radius 1 is 1.62 bits per heavy atom. The fourth-order valence-corrected chi connectivity index (χ4v) is 1.30. The molecule has 0 saturated heterocycles. The first-order valence-electron chi connectivity index (χ1n) is 5.54. The van der Waals surface area contributed by atoms with Crippen LogP contribution in [0.15, 0.2) is 17.1 Å². The molecular formula is C11H20N4O. The maximum absolute atomic E-state index is 11.8. The molecule has 90 valence electrons. The predicted octanol–water partition coefficient (Wildman–Crippen LogP) is 0.307. The summed E-state index contributed by atoms with van der Waals surface area (Å²) in [5, 5.41) is 7.24. The Balaban J connectivity index is 2.87. The first-order chi connectivity index (χ1) is 7.58. The van der Waals surface area contributed by atoms with Crippen LogP contribution >= 0.6 is 0 Å². The Morgan fingerprint density at radius 2 is 2.31 bits per heavy atom. The van der Waals surface area contributed by atoms with E-state index in [0.717, 1.165) is 12.2 Å². The van der Waals surface area contributed by atoms with Gasteiger partial charge in [0.15, 0.2) is 0 Å². The zero-order valence-electron chi connectivity index (χ0n) is 10.4. The fourth-order valence-electron chi connectivity index (χ4n) is 1.30. The molecule has 1 N–H and O–H groups in total. The number of nitrogens with zero attached hydrogens (tertiary/aromatic N) is 3. The molecule has 1 heterocycles. The number of anilines is 1. The van der Waals surface area contributed by atoms with Gasteiger partial charge in [0.1, 0.15) is 0 Å². The Labute approximate surface area is 96.1 Å². The number of hydrogen-bond donors (Lipinski definition) is 1. The lowest BCUT2D eigenvalue weighted by Gasteiger charge is -2.17. The van der Waals surface area contributed by atoms with Crippen LogP contribution < -0.4 is 15.8 Å². The predicted molar refractivity (Wildman–Crippen MR) is 66.0 cm³/mol. The third kappa shape index (κ3) is 3.06. The van der Waals surface area contributed by atoms with Gasteiger partial charge < -0.3 is 10.2 Å². The van der Waals surface area contributed by atoms with E-state index in [9.17, 15) is 4.79 Å². The molecule has 5 nitrogen and oxygen atoms in total. The van der Waals surface area contributed by atoms with Crippen molar-refractivity contribution in [2.45, 2.75) is 26.4 Å². The average Bonchev–Trinajstić information content (AvgIpc) is 2.30. The molecule has 5 heteroatoms. The van der Waals surface area contributed by atoms with Crippen LogP contribution in [0.2, 0.25) is 0 Å². The van der Waals surface area contributed by atoms with Gasteiger partial charge >= 0.3 is 0 Å². The van der Waals surface area contributed by atoms with Crippen LogP contribution in [0, 0.1) is 0 Å². The highest BCUT2D eigenvalue weighted by atomic mass is 16.1. The van der Waals surface area contributed by atoms with Crippen molar-refractivity contribution >= 4 is 5.69 Å². The number of aromatic nitrogens is 2. The van der Waals surface area contributed by atoms with Crippen LogP contribution in [0.5, 0.6) is 0 Å². The summed E-state index contributed by atoms with van der Waals surface area (Å²) in [6.07, 6.45) is 1.73. The summed E-state index contributed by atoms with van der Waals surface area (Å²) >= 11 is 0. The van der Waals surface area contributed by atoms with Crippen LogP contribution in [-0.4, -0.2) is 36.5 Å². The summed E-state index contributed by atoms with van der Waals surface area (Å²) in [6, 6.07) is 1.86. The molecule has 0 bridgehead atoms. The van der Waals surface area contributed by atoms with Gasteiger partial charge in [-0.05, 0) is 20.9 Å². The molecule has 0 aliphatic heterocycles. The van der Waals surface area contributed by atoms with E-state index < -0.39 is 0 Å². The molecule has 0 fully saturated rings. The molecule has 0 amide bonds. The van der Waals surface area contributed by atoms with Crippen molar-refractivity contribution in [3.63, 3.8) is 0 Å². The van der Waals surface area contributed by atoms with E-state index >= 15 is 0 Å². The third-order valence-corrected chi connectivity index (χ3v) is 2.71. The third-order valence-electron chi connectivity index (χ3n) is 2.71. The summed E-state index contributed by atoms with van der Waals surface area (Å²) < 4.78 is 1.48. The van der Waals surface area contributed by atoms with Gasteiger partial charge in [-0.3, -0.25) is 4.79 Å². The molecule has 0 aliphatic rings. The fraction of sp³-hybridized carbons (Fsp3) is 0.636. The minimum Gasteiger partial charge on any atom is -0.373 e. The molecule has 1 rings (SSSR count). The highest BCUT2D eigenvalue weighted by molar-refractivity contribution is 5.41. The smallest absolute Gasteiger partial charge is 0.268 e. The zero-order chi connectivity index (χ0) is 12.1. The van der Waals surface area contributed by atoms with Crippen molar-refractivity contribution < 1.29 is 0 Å². The highest BCUT2D eigenvalue weighted by Crippen LogP contribution is 2.05. The lowest BCUT2D eigenvalue weighted by atomic mass is 10.3. The molecule has 1 aromatic heterocycles. The largest absolute Gasteiger partial charge is 0.373 e. The molecule has 16 heavy (non-hydrogen) atoms. The van der Waals surface area contributed by atoms with E-state index in [1.54, 1.807) is 12.3 Å². The summed E-state index contributed by atoms with van der Waals surface area (Å²) in [7, 11) is 3.81. The van der Waals surface area contributed by atoms with Gasteiger partial charge in [0.25, 0.3) is 5.56 Å². The topological polar surface area (TPSA) is 50.2 Å². The molecule has 0 spiro atoms. The number of rotatable bonds is 5. The first-order valence-corrected chi connectivity index (χ1v) is 5.54. The number of likely N-dealkylation sites (N-methyl/N-ethyl adjacent to an activating group) is 1. The zero-order valence-corrected chi connectivity index (χ0v) is 10.4. The van der Waals surface area contributed by atoms with E-state index in [4.69, 9.17) is 0 Å². The lowest BCUT2D eigenvalue weighted by molar-refractivity contribution is 0.464. The van der Waals surface area contributed by atoms with Crippen LogP contribution in [0.3, 0.4) is 0 Å². The van der Waals surface area contributed by atoms with Crippen molar-refractivity contribution in [1.29, 1.82) is 0 Å². The van der Waals surface area contributed by atoms with E-state index in [0.29, 0.717) is 6.54 Å². The van der Waals surface area contributed by atoms with Crippen molar-refractivity contribution in [1.82, 2.24) is 15.1 Å². The maximum Gasteiger partial charge on any atom is 0.268 e. The molecule has 0 aliphatic carbocycles. The SMILES string of the molecule is CCN(C)c1cnn(CC(C)NC)c(=O)c1. The quantitative estimate of drug-likeness (QED) is 0.782. The van der Waals surface area contributed by atoms with Gasteiger partial charge in [-0.25, -0.2) is 4.68 Å². The van der Waals surface area contributed by atoms with Crippen molar-refractivity contribution in [2.24, 2.45) is 0 Å². The summed E-state index contributed by atoms with van der Waals surface area (Å²) in [5.74, 6) is 0. The Bertz CT molecular complexity index is 388. The van der Waals surface area contributed by atoms with Gasteiger partial charge in [-0.2, -0.15) is 5.10 Å². The number of nitrogens with one attached hydrogen (secondary N) is 1. The maximum atomic E-state index is 11.8. The minimum atomic E-state index is -0.0556. The van der Waals surface area contributed by atoms with Gasteiger partial charge in [-0.15, -0.1) is 0 Å². The van der Waals surface area contributed by atoms with E-state index in [2.05, 4.69) is 10.4 Å². The van der Waals surface area contributed by atoms with Crippen molar-refractivity contribution in [3.05, 3.63) is 22.6 Å². The molecule has 0 aromatic carbocycles. The monoisotopic (exact) mass is 224 g/mol. The molecule has 0 radical (unpaired) electrons. The standard InChI is InChI=1S/C11H20N4O/c1-5-14(4)10-6-11(16)15(13-7-10)8-9(2)12-3/h6-7,9,12H,5,8H2,1-4H3. The van der Waals surface area contributed by atoms with E-state index in [-0.39, 0.29) is 11.6 Å². The van der Waals surface area contributed by atoms with Gasteiger partial charge in [0.05, 0.1) is 18.4 Å². The van der Waals surface area contributed by atoms with Crippen LogP contribution in [-0.2, 0) is 6.54 Å². The average molecular weight is 224 g/mol. The lowest BCUT2D eigenvalue weighted by Crippen LogP contribution is -2.34. The van der Waals surface area contributed by atoms with Gasteiger partial charge in [-0.1, -0.05) is 0 Å². The molecule has 1 atom stereocenters. The molecule has 1 aromatic rings. The molecule has 0 saturated carbocycles. The first kappa shape index (κ1) is 12.7. The second kappa shape index (κ2) is 5.65. The summed E-state index contributed by atoms with van der Waals surface area (Å²) in [6.45, 7) is 5.50. The van der Waals surface area contributed by atoms with E-state index in [1.807, 2.05) is 32.8 Å². The van der Waals surface area contributed by atoms with Gasteiger partial charge in [0, 0.05) is 25.7 Å². The van der Waals surface area contributed by atoms with Crippen molar-refractivity contribution in [3.8, 4) is 0 Å². The van der Waals surface area contributed by atoms with Crippen LogP contribution in [0.25, 0.3) is 0 Å². The van der Waals surface area contributed by atoms with Crippen LogP contribution in [0.1, 0.15) is 13.8 Å². The molecular weight excluding hydrogens is 204 g/mol.